The van der Waals surface area contributed by atoms with Crippen LogP contribution in [0.25, 0.3) is 32.3 Å². The molecule has 0 unspecified atom stereocenters. The molecule has 0 amide bonds. The Morgan fingerprint density at radius 1 is 0.487 bits per heavy atom. The normalized spacial score (nSPS) is 9.92. The Kier molecular flexibility index (Phi) is 12.0. The minimum absolute atomic E-state index is 0. The van der Waals surface area contributed by atoms with E-state index in [0.29, 0.717) is 0 Å². The van der Waals surface area contributed by atoms with Gasteiger partial charge in [0, 0.05) is 0 Å². The van der Waals surface area contributed by atoms with Crippen molar-refractivity contribution >= 4 is 48.1 Å². The second kappa shape index (κ2) is 15.2. The average Bonchev–Trinajstić information content (AvgIpc) is 3.55. The zero-order valence-electron chi connectivity index (χ0n) is 21.7. The summed E-state index contributed by atoms with van der Waals surface area (Å²) in [5.41, 5.74) is 0.916. The van der Waals surface area contributed by atoms with Gasteiger partial charge in [-0.3, -0.25) is 0 Å². The Morgan fingerprint density at radius 3 is 1.33 bits per heavy atom. The van der Waals surface area contributed by atoms with Crippen LogP contribution in [0.1, 0.15) is 5.56 Å². The van der Waals surface area contributed by atoms with Gasteiger partial charge in [-0.1, -0.05) is 49.4 Å². The Hall–Kier alpha value is -2.74. The van der Waals surface area contributed by atoms with Crippen molar-refractivity contribution in [1.29, 1.82) is 0 Å². The van der Waals surface area contributed by atoms with E-state index in [-0.39, 0.29) is 24.8 Å². The van der Waals surface area contributed by atoms with Crippen LogP contribution in [0.5, 0.6) is 0 Å². The summed E-state index contributed by atoms with van der Waals surface area (Å²) in [5, 5.41) is 11.1. The fourth-order valence-electron chi connectivity index (χ4n) is 4.59. The van der Waals surface area contributed by atoms with Crippen LogP contribution in [0.2, 0.25) is 0 Å². The number of hydrogen-bond donors (Lipinski definition) is 0. The van der Waals surface area contributed by atoms with Gasteiger partial charge in [0.25, 0.3) is 0 Å². The van der Waals surface area contributed by atoms with Gasteiger partial charge in [0.15, 0.2) is 0 Å². The van der Waals surface area contributed by atoms with Crippen molar-refractivity contribution in [3.63, 3.8) is 0 Å². The molecule has 0 atom stereocenters. The molecule has 0 bridgehead atoms. The van der Waals surface area contributed by atoms with Gasteiger partial charge in [-0.05, 0) is 0 Å². The third kappa shape index (κ3) is 7.68. The number of fused-ring (bicyclic) bond motifs is 4. The summed E-state index contributed by atoms with van der Waals surface area (Å²) in [7, 11) is 0. The largest absolute Gasteiger partial charge is 0.126 e. The first-order valence-corrected chi connectivity index (χ1v) is 17.7. The maximum absolute atomic E-state index is 2.25. The maximum atomic E-state index is 2.25. The van der Waals surface area contributed by atoms with E-state index in [0.717, 1.165) is 0 Å². The van der Waals surface area contributed by atoms with Gasteiger partial charge in [-0.2, -0.15) is 11.6 Å². The van der Waals surface area contributed by atoms with Crippen LogP contribution in [0, 0.1) is 6.92 Å². The van der Waals surface area contributed by atoms with Gasteiger partial charge >= 0.3 is 99.8 Å². The van der Waals surface area contributed by atoms with Crippen molar-refractivity contribution in [2.24, 2.45) is 0 Å². The summed E-state index contributed by atoms with van der Waals surface area (Å²) in [4.78, 5) is 0. The molecule has 0 fully saturated rings. The third-order valence-electron chi connectivity index (χ3n) is 6.55. The molecule has 0 aromatic heterocycles. The van der Waals surface area contributed by atoms with Crippen molar-refractivity contribution in [1.82, 2.24) is 0 Å². The molecule has 39 heavy (non-hydrogen) atoms. The van der Waals surface area contributed by atoms with E-state index >= 15 is 0 Å². The summed E-state index contributed by atoms with van der Waals surface area (Å²) in [6, 6.07) is 53.7. The second-order valence-electron chi connectivity index (χ2n) is 9.03. The minimum Gasteiger partial charge on any atom is -0.126 e. The quantitative estimate of drug-likeness (QED) is 0.201. The SMILES string of the molecule is Cc1c[cH-]c2ccccc12.[Cl-].[Cl-].[Zr+2]=[Si](c1ccccc1)c1ccccc1.c1ccc2c(c1)[cH-]c1ccccc12. The molecule has 0 aliphatic heterocycles. The molecule has 0 saturated heterocycles. The zero-order valence-corrected chi connectivity index (χ0v) is 26.7. The summed E-state index contributed by atoms with van der Waals surface area (Å²) >= 11 is 1.64. The first-order chi connectivity index (χ1) is 18.2. The molecule has 0 heterocycles. The Balaban J connectivity index is 0.000000160. The van der Waals surface area contributed by atoms with E-state index < -0.39 is 5.43 Å². The van der Waals surface area contributed by atoms with Gasteiger partial charge in [0.1, 0.15) is 0 Å². The molecule has 0 aliphatic carbocycles. The number of rotatable bonds is 2. The molecule has 0 radical (unpaired) electrons. The monoisotopic (exact) mass is 636 g/mol. The molecule has 7 aromatic carbocycles. The average molecular weight is 639 g/mol. The molecule has 192 valence electrons. The summed E-state index contributed by atoms with van der Waals surface area (Å²) < 4.78 is 0. The number of halogens is 2. The molecule has 0 aliphatic rings. The third-order valence-corrected chi connectivity index (χ3v) is 12.6. The van der Waals surface area contributed by atoms with E-state index in [9.17, 15) is 0 Å². The van der Waals surface area contributed by atoms with Crippen molar-refractivity contribution < 1.29 is 48.1 Å². The maximum Gasteiger partial charge on any atom is -0.0771 e. The predicted octanol–water partition coefficient (Wildman–Crippen LogP) is 1.93. The van der Waals surface area contributed by atoms with Crippen LogP contribution >= 0.6 is 0 Å². The van der Waals surface area contributed by atoms with E-state index in [4.69, 9.17) is 0 Å². The topological polar surface area (TPSA) is 0 Å². The van der Waals surface area contributed by atoms with E-state index in [1.54, 1.807) is 23.3 Å². The molecule has 7 aromatic rings. The van der Waals surface area contributed by atoms with Crippen molar-refractivity contribution in [2.75, 3.05) is 0 Å². The standard InChI is InChI=1S/C13H9.C12H10Si.C10H9.2ClH.Zr/c1-3-7-12-10(5-1)9-11-6-2-4-8-13(11)12;1-3-7-11(8-4-1)13-12-9-5-2-6-10-12;1-8-6-7-9-4-2-3-5-10(8)9;;;/h1-9H;1-10H;2-7H,1H3;2*1H;/q-1;;-1;;;+2/p-2. The molecular formula is C35H28Cl2SiZr-2. The van der Waals surface area contributed by atoms with E-state index in [1.165, 1.54) is 48.3 Å². The fourth-order valence-corrected chi connectivity index (χ4v) is 8.43. The first-order valence-electron chi connectivity index (χ1n) is 12.5. The Bertz CT molecular complexity index is 1660. The van der Waals surface area contributed by atoms with Crippen LogP contribution in [-0.4, -0.2) is 5.43 Å². The van der Waals surface area contributed by atoms with Crippen molar-refractivity contribution in [3.8, 4) is 0 Å². The Labute approximate surface area is 258 Å². The molecule has 7 rings (SSSR count). The van der Waals surface area contributed by atoms with Crippen LogP contribution in [0.3, 0.4) is 0 Å². The Morgan fingerprint density at radius 2 is 0.872 bits per heavy atom. The number of aryl methyl sites for hydroxylation is 1. The van der Waals surface area contributed by atoms with Gasteiger partial charge < -0.3 is 24.8 Å². The molecular weight excluding hydrogens is 611 g/mol. The molecule has 0 N–H and O–H groups in total. The molecule has 0 nitrogen and oxygen atoms in total. The second-order valence-corrected chi connectivity index (χ2v) is 14.6. The number of hydrogen-bond acceptors (Lipinski definition) is 0. The fraction of sp³-hybridized carbons (Fsp3) is 0.0286. The number of benzene rings is 5. The van der Waals surface area contributed by atoms with Gasteiger partial charge in [-0.15, -0.1) is 74.8 Å². The van der Waals surface area contributed by atoms with Crippen LogP contribution in [-0.2, 0) is 23.3 Å². The van der Waals surface area contributed by atoms with Crippen molar-refractivity contribution in [3.05, 3.63) is 157 Å². The van der Waals surface area contributed by atoms with Gasteiger partial charge in [-0.25, -0.2) is 0 Å². The predicted molar refractivity (Wildman–Crippen MR) is 159 cm³/mol. The van der Waals surface area contributed by atoms with E-state index in [1.807, 2.05) is 0 Å². The van der Waals surface area contributed by atoms with Crippen LogP contribution in [0.4, 0.5) is 0 Å². The van der Waals surface area contributed by atoms with Crippen LogP contribution in [0.15, 0.2) is 152 Å². The minimum atomic E-state index is -0.455. The summed E-state index contributed by atoms with van der Waals surface area (Å²) in [6.45, 7) is 2.14. The smallest absolute Gasteiger partial charge is 0.0771 e. The molecule has 4 heteroatoms. The zero-order chi connectivity index (χ0) is 25.5. The molecule has 0 saturated carbocycles. The van der Waals surface area contributed by atoms with Gasteiger partial charge in [0.2, 0.25) is 0 Å². The first kappa shape index (κ1) is 30.8. The summed E-state index contributed by atoms with van der Waals surface area (Å²) in [6.07, 6.45) is 0. The van der Waals surface area contributed by atoms with Crippen LogP contribution < -0.4 is 35.2 Å². The molecule has 0 spiro atoms. The van der Waals surface area contributed by atoms with E-state index in [2.05, 4.69) is 159 Å². The van der Waals surface area contributed by atoms with Gasteiger partial charge in [0.05, 0.1) is 0 Å². The van der Waals surface area contributed by atoms with Crippen molar-refractivity contribution in [2.45, 2.75) is 6.92 Å². The summed E-state index contributed by atoms with van der Waals surface area (Å²) in [5.74, 6) is 0.